The molecule has 3 N–H and O–H groups in total. The van der Waals surface area contributed by atoms with Gasteiger partial charge in [0, 0.05) is 41.4 Å². The van der Waals surface area contributed by atoms with Gasteiger partial charge in [0.2, 0.25) is 0 Å². The lowest BCUT2D eigenvalue weighted by atomic mass is 10.0. The SMILES string of the molecule is CCNC(=NCC(C)(O)c1cnn(C)c1)NCCc1cc(Cl)ccc1Br.I. The summed E-state index contributed by atoms with van der Waals surface area (Å²) in [5, 5.41) is 22.0. The van der Waals surface area contributed by atoms with E-state index in [4.69, 9.17) is 11.6 Å². The van der Waals surface area contributed by atoms with Gasteiger partial charge in [-0.2, -0.15) is 5.10 Å². The summed E-state index contributed by atoms with van der Waals surface area (Å²) in [4.78, 5) is 4.51. The lowest BCUT2D eigenvalue weighted by Crippen LogP contribution is -2.39. The quantitative estimate of drug-likeness (QED) is 0.271. The molecule has 0 saturated carbocycles. The summed E-state index contributed by atoms with van der Waals surface area (Å²) >= 11 is 9.60. The second-order valence-corrected chi connectivity index (χ2v) is 7.57. The summed E-state index contributed by atoms with van der Waals surface area (Å²) in [6.07, 6.45) is 4.25. The van der Waals surface area contributed by atoms with Crippen LogP contribution in [0.15, 0.2) is 40.1 Å². The number of benzene rings is 1. The average molecular weight is 571 g/mol. The summed E-state index contributed by atoms with van der Waals surface area (Å²) in [5.74, 6) is 0.662. The van der Waals surface area contributed by atoms with Crippen LogP contribution in [0, 0.1) is 0 Å². The molecule has 1 aromatic carbocycles. The Morgan fingerprint density at radius 1 is 1.41 bits per heavy atom. The Bertz CT molecular complexity index is 766. The topological polar surface area (TPSA) is 74.5 Å². The molecule has 150 valence electrons. The first kappa shape index (κ1) is 24.2. The molecule has 0 spiro atoms. The second-order valence-electron chi connectivity index (χ2n) is 6.28. The van der Waals surface area contributed by atoms with Crippen LogP contribution in [0.4, 0.5) is 0 Å². The zero-order valence-electron chi connectivity index (χ0n) is 15.7. The predicted molar refractivity (Wildman–Crippen MR) is 125 cm³/mol. The monoisotopic (exact) mass is 569 g/mol. The van der Waals surface area contributed by atoms with E-state index in [1.807, 2.05) is 32.2 Å². The highest BCUT2D eigenvalue weighted by Crippen LogP contribution is 2.21. The predicted octanol–water partition coefficient (Wildman–Crippen LogP) is 3.46. The average Bonchev–Trinajstić information content (AvgIpc) is 3.03. The van der Waals surface area contributed by atoms with Gasteiger partial charge in [-0.3, -0.25) is 4.68 Å². The molecule has 0 aliphatic heterocycles. The standard InChI is InChI=1S/C18H25BrClN5O.HI/c1-4-21-17(22-8-7-13-9-15(20)5-6-16(13)19)23-12-18(2,26)14-10-24-25(3)11-14;/h5-6,9-11,26H,4,7-8,12H2,1-3H3,(H2,21,22,23);1H. The summed E-state index contributed by atoms with van der Waals surface area (Å²) in [7, 11) is 1.82. The fraction of sp³-hybridized carbons (Fsp3) is 0.444. The second kappa shape index (κ2) is 11.2. The molecule has 2 rings (SSSR count). The van der Waals surface area contributed by atoms with E-state index < -0.39 is 5.60 Å². The van der Waals surface area contributed by atoms with Gasteiger partial charge in [0.15, 0.2) is 5.96 Å². The molecular formula is C18H26BrClIN5O. The highest BCUT2D eigenvalue weighted by molar-refractivity contribution is 14.0. The Balaban J connectivity index is 0.00000364. The summed E-state index contributed by atoms with van der Waals surface area (Å²) in [5.41, 5.74) is 0.790. The van der Waals surface area contributed by atoms with Gasteiger partial charge in [0.1, 0.15) is 5.60 Å². The van der Waals surface area contributed by atoms with Crippen molar-refractivity contribution in [1.29, 1.82) is 0 Å². The highest BCUT2D eigenvalue weighted by Gasteiger charge is 2.24. The van der Waals surface area contributed by atoms with E-state index in [-0.39, 0.29) is 30.5 Å². The minimum atomic E-state index is -1.08. The van der Waals surface area contributed by atoms with E-state index in [2.05, 4.69) is 36.7 Å². The number of hydrogen-bond donors (Lipinski definition) is 3. The maximum Gasteiger partial charge on any atom is 0.191 e. The van der Waals surface area contributed by atoms with Gasteiger partial charge >= 0.3 is 0 Å². The van der Waals surface area contributed by atoms with Crippen molar-refractivity contribution < 1.29 is 5.11 Å². The van der Waals surface area contributed by atoms with Crippen molar-refractivity contribution in [3.8, 4) is 0 Å². The van der Waals surface area contributed by atoms with Gasteiger partial charge in [-0.05, 0) is 44.0 Å². The number of nitrogens with one attached hydrogen (secondary N) is 2. The molecule has 0 fully saturated rings. The third-order valence-electron chi connectivity index (χ3n) is 3.91. The van der Waals surface area contributed by atoms with Crippen LogP contribution in [0.3, 0.4) is 0 Å². The van der Waals surface area contributed by atoms with Crippen LogP contribution in [0.25, 0.3) is 0 Å². The van der Waals surface area contributed by atoms with Crippen molar-refractivity contribution in [1.82, 2.24) is 20.4 Å². The Morgan fingerprint density at radius 3 is 2.78 bits per heavy atom. The van der Waals surface area contributed by atoms with Crippen LogP contribution in [-0.2, 0) is 19.1 Å². The molecule has 1 atom stereocenters. The Kier molecular flexibility index (Phi) is 10.1. The minimum absolute atomic E-state index is 0. The van der Waals surface area contributed by atoms with Crippen LogP contribution in [0.1, 0.15) is 25.0 Å². The van der Waals surface area contributed by atoms with Crippen molar-refractivity contribution in [2.24, 2.45) is 12.0 Å². The van der Waals surface area contributed by atoms with Crippen LogP contribution in [-0.4, -0.2) is 40.5 Å². The molecule has 0 amide bonds. The van der Waals surface area contributed by atoms with E-state index in [0.29, 0.717) is 12.5 Å². The van der Waals surface area contributed by atoms with Gasteiger partial charge in [0.05, 0.1) is 12.7 Å². The molecule has 0 aliphatic carbocycles. The largest absolute Gasteiger partial charge is 0.383 e. The van der Waals surface area contributed by atoms with E-state index >= 15 is 0 Å². The third kappa shape index (κ3) is 7.59. The number of rotatable bonds is 7. The number of halogens is 3. The van der Waals surface area contributed by atoms with Gasteiger partial charge in [-0.15, -0.1) is 24.0 Å². The fourth-order valence-electron chi connectivity index (χ4n) is 2.42. The summed E-state index contributed by atoms with van der Waals surface area (Å²) < 4.78 is 2.70. The van der Waals surface area contributed by atoms with Gasteiger partial charge in [-0.25, -0.2) is 4.99 Å². The molecule has 0 radical (unpaired) electrons. The number of aliphatic imine (C=N–C) groups is 1. The smallest absolute Gasteiger partial charge is 0.191 e. The first-order valence-corrected chi connectivity index (χ1v) is 9.66. The Morgan fingerprint density at radius 2 is 2.15 bits per heavy atom. The van der Waals surface area contributed by atoms with Crippen LogP contribution in [0.5, 0.6) is 0 Å². The lowest BCUT2D eigenvalue weighted by molar-refractivity contribution is 0.0672. The van der Waals surface area contributed by atoms with E-state index in [1.54, 1.807) is 24.0 Å². The maximum absolute atomic E-state index is 10.6. The lowest BCUT2D eigenvalue weighted by Gasteiger charge is -2.20. The van der Waals surface area contributed by atoms with Crippen molar-refractivity contribution in [2.75, 3.05) is 19.6 Å². The number of aryl methyl sites for hydroxylation is 1. The molecule has 0 bridgehead atoms. The van der Waals surface area contributed by atoms with Crippen LogP contribution >= 0.6 is 51.5 Å². The molecule has 1 unspecified atom stereocenters. The van der Waals surface area contributed by atoms with Crippen LogP contribution in [0.2, 0.25) is 5.02 Å². The number of guanidine groups is 1. The van der Waals surface area contributed by atoms with E-state index in [0.717, 1.165) is 33.6 Å². The Labute approximate surface area is 190 Å². The normalized spacial score (nSPS) is 13.6. The molecule has 6 nitrogen and oxygen atoms in total. The highest BCUT2D eigenvalue weighted by atomic mass is 127. The van der Waals surface area contributed by atoms with Crippen molar-refractivity contribution in [3.63, 3.8) is 0 Å². The van der Waals surface area contributed by atoms with Gasteiger partial charge in [0.25, 0.3) is 0 Å². The van der Waals surface area contributed by atoms with Gasteiger partial charge < -0.3 is 15.7 Å². The molecule has 1 aromatic heterocycles. The van der Waals surface area contributed by atoms with E-state index in [9.17, 15) is 5.11 Å². The van der Waals surface area contributed by atoms with Crippen molar-refractivity contribution in [3.05, 3.63) is 51.2 Å². The van der Waals surface area contributed by atoms with E-state index in [1.165, 1.54) is 0 Å². The fourth-order valence-corrected chi connectivity index (χ4v) is 3.06. The Hall–Kier alpha value is -0.840. The molecule has 1 heterocycles. The number of nitrogens with zero attached hydrogens (tertiary/aromatic N) is 3. The molecule has 9 heteroatoms. The molecule has 0 aliphatic rings. The zero-order valence-corrected chi connectivity index (χ0v) is 20.3. The number of hydrogen-bond acceptors (Lipinski definition) is 3. The molecule has 27 heavy (non-hydrogen) atoms. The molecular weight excluding hydrogens is 544 g/mol. The van der Waals surface area contributed by atoms with Gasteiger partial charge in [-0.1, -0.05) is 27.5 Å². The van der Waals surface area contributed by atoms with Crippen molar-refractivity contribution in [2.45, 2.75) is 25.9 Å². The minimum Gasteiger partial charge on any atom is -0.383 e. The number of aromatic nitrogens is 2. The maximum atomic E-state index is 10.6. The van der Waals surface area contributed by atoms with Crippen molar-refractivity contribution >= 4 is 57.5 Å². The number of aliphatic hydroxyl groups is 1. The molecule has 2 aromatic rings. The summed E-state index contributed by atoms with van der Waals surface area (Å²) in [6.45, 7) is 5.40. The van der Waals surface area contributed by atoms with Crippen LogP contribution < -0.4 is 10.6 Å². The zero-order chi connectivity index (χ0) is 19.2. The summed E-state index contributed by atoms with van der Waals surface area (Å²) in [6, 6.07) is 5.75. The molecule has 0 saturated heterocycles. The third-order valence-corrected chi connectivity index (χ3v) is 4.92. The first-order chi connectivity index (χ1) is 12.3. The first-order valence-electron chi connectivity index (χ1n) is 8.49.